The van der Waals surface area contributed by atoms with Gasteiger partial charge in [0.1, 0.15) is 12.3 Å². The number of hydrogen-bond acceptors (Lipinski definition) is 5. The third-order valence-corrected chi connectivity index (χ3v) is 6.58. The summed E-state index contributed by atoms with van der Waals surface area (Å²) in [5.41, 5.74) is 5.39. The van der Waals surface area contributed by atoms with Crippen molar-refractivity contribution >= 4 is 27.3 Å². The van der Waals surface area contributed by atoms with Gasteiger partial charge in [0.05, 0.1) is 23.4 Å². The van der Waals surface area contributed by atoms with E-state index in [4.69, 9.17) is 4.74 Å². The Morgan fingerprint density at radius 2 is 1.59 bits per heavy atom. The number of rotatable bonds is 8. The molecule has 3 rings (SSSR count). The van der Waals surface area contributed by atoms with Gasteiger partial charge in [-0.1, -0.05) is 48.0 Å². The Hall–Kier alpha value is -3.65. The molecule has 3 aromatic rings. The number of aryl methyl sites for hydroxylation is 1. The van der Waals surface area contributed by atoms with Crippen LogP contribution in [0.2, 0.25) is 0 Å². The molecule has 3 aromatic carbocycles. The van der Waals surface area contributed by atoms with Crippen molar-refractivity contribution in [2.24, 2.45) is 5.10 Å². The van der Waals surface area contributed by atoms with E-state index in [1.165, 1.54) is 19.2 Å². The zero-order valence-electron chi connectivity index (χ0n) is 18.1. The minimum atomic E-state index is -3.98. The van der Waals surface area contributed by atoms with E-state index in [1.54, 1.807) is 49.4 Å². The zero-order chi connectivity index (χ0) is 23.1. The predicted molar refractivity (Wildman–Crippen MR) is 126 cm³/mol. The quantitative estimate of drug-likeness (QED) is 0.417. The Morgan fingerprint density at radius 3 is 2.19 bits per heavy atom. The highest BCUT2D eigenvalue weighted by atomic mass is 32.2. The maximum Gasteiger partial charge on any atom is 0.264 e. The molecular formula is C24H25N3O4S. The molecule has 0 heterocycles. The Bertz CT molecular complexity index is 1190. The van der Waals surface area contributed by atoms with Crippen LogP contribution in [0.5, 0.6) is 5.75 Å². The van der Waals surface area contributed by atoms with E-state index in [2.05, 4.69) is 10.5 Å². The summed E-state index contributed by atoms with van der Waals surface area (Å²) in [7, 11) is -2.46. The number of hydrogen-bond donors (Lipinski definition) is 1. The predicted octanol–water partition coefficient (Wildman–Crippen LogP) is 3.74. The van der Waals surface area contributed by atoms with Crippen LogP contribution in [0.3, 0.4) is 0 Å². The number of ether oxygens (including phenoxy) is 1. The lowest BCUT2D eigenvalue weighted by Crippen LogP contribution is -2.39. The topological polar surface area (TPSA) is 88.1 Å². The summed E-state index contributed by atoms with van der Waals surface area (Å²) in [6.07, 6.45) is 0. The van der Waals surface area contributed by atoms with Crippen LogP contribution in [-0.4, -0.2) is 33.7 Å². The normalized spacial score (nSPS) is 11.7. The smallest absolute Gasteiger partial charge is 0.264 e. The second-order valence-corrected chi connectivity index (χ2v) is 8.98. The summed E-state index contributed by atoms with van der Waals surface area (Å²) in [5, 5.41) is 4.13. The number of carbonyl (C=O) groups is 1. The first-order valence-corrected chi connectivity index (χ1v) is 11.4. The zero-order valence-corrected chi connectivity index (χ0v) is 19.0. The Labute approximate surface area is 188 Å². The molecule has 0 saturated carbocycles. The van der Waals surface area contributed by atoms with Gasteiger partial charge in [-0.05, 0) is 55.8 Å². The van der Waals surface area contributed by atoms with E-state index in [-0.39, 0.29) is 4.90 Å². The largest absolute Gasteiger partial charge is 0.497 e. The van der Waals surface area contributed by atoms with E-state index >= 15 is 0 Å². The van der Waals surface area contributed by atoms with Crippen molar-refractivity contribution in [3.05, 3.63) is 90.0 Å². The first-order valence-electron chi connectivity index (χ1n) is 9.93. The number of hydrazone groups is 1. The summed E-state index contributed by atoms with van der Waals surface area (Å²) in [5.74, 6) is 0.0142. The van der Waals surface area contributed by atoms with Gasteiger partial charge in [-0.15, -0.1) is 0 Å². The van der Waals surface area contributed by atoms with Gasteiger partial charge >= 0.3 is 0 Å². The fraction of sp³-hybridized carbons (Fsp3) is 0.167. The molecule has 166 valence electrons. The molecular weight excluding hydrogens is 426 g/mol. The maximum atomic E-state index is 13.3. The second-order valence-electron chi connectivity index (χ2n) is 7.12. The molecule has 32 heavy (non-hydrogen) atoms. The molecule has 1 amide bonds. The SMILES string of the molecule is COc1ccc(N(CC(=O)NN=C(C)c2ccc(C)cc2)S(=O)(=O)c2ccccc2)cc1. The fourth-order valence-corrected chi connectivity index (χ4v) is 4.40. The van der Waals surface area contributed by atoms with Gasteiger partial charge in [-0.2, -0.15) is 5.10 Å². The van der Waals surface area contributed by atoms with Crippen molar-refractivity contribution in [2.75, 3.05) is 18.0 Å². The first-order chi connectivity index (χ1) is 15.3. The number of amides is 1. The van der Waals surface area contributed by atoms with Crippen molar-refractivity contribution in [1.82, 2.24) is 5.43 Å². The van der Waals surface area contributed by atoms with Gasteiger partial charge in [0.15, 0.2) is 0 Å². The molecule has 0 atom stereocenters. The average molecular weight is 452 g/mol. The van der Waals surface area contributed by atoms with Crippen LogP contribution in [0.25, 0.3) is 0 Å². The minimum Gasteiger partial charge on any atom is -0.497 e. The molecule has 0 spiro atoms. The van der Waals surface area contributed by atoms with Gasteiger partial charge in [-0.3, -0.25) is 9.10 Å². The molecule has 0 unspecified atom stereocenters. The van der Waals surface area contributed by atoms with Crippen LogP contribution < -0.4 is 14.5 Å². The van der Waals surface area contributed by atoms with Crippen LogP contribution in [0.4, 0.5) is 5.69 Å². The highest BCUT2D eigenvalue weighted by Gasteiger charge is 2.27. The number of nitrogens with zero attached hydrogens (tertiary/aromatic N) is 2. The van der Waals surface area contributed by atoms with Crippen LogP contribution in [0, 0.1) is 6.92 Å². The van der Waals surface area contributed by atoms with Gasteiger partial charge in [0, 0.05) is 0 Å². The number of anilines is 1. The Morgan fingerprint density at radius 1 is 0.969 bits per heavy atom. The Kier molecular flexibility index (Phi) is 7.27. The number of sulfonamides is 1. The van der Waals surface area contributed by atoms with Gasteiger partial charge < -0.3 is 4.74 Å². The van der Waals surface area contributed by atoms with E-state index < -0.39 is 22.5 Å². The minimum absolute atomic E-state index is 0.0861. The molecule has 0 aliphatic carbocycles. The summed E-state index contributed by atoms with van der Waals surface area (Å²) >= 11 is 0. The first kappa shape index (κ1) is 23.0. The van der Waals surface area contributed by atoms with E-state index in [0.717, 1.165) is 15.4 Å². The third kappa shape index (κ3) is 5.53. The van der Waals surface area contributed by atoms with Gasteiger partial charge in [0.2, 0.25) is 0 Å². The van der Waals surface area contributed by atoms with Crippen molar-refractivity contribution < 1.29 is 17.9 Å². The molecule has 0 aliphatic heterocycles. The van der Waals surface area contributed by atoms with E-state index in [9.17, 15) is 13.2 Å². The molecule has 0 aliphatic rings. The van der Waals surface area contributed by atoms with Crippen LogP contribution >= 0.6 is 0 Å². The molecule has 0 radical (unpaired) electrons. The highest BCUT2D eigenvalue weighted by molar-refractivity contribution is 7.92. The van der Waals surface area contributed by atoms with Crippen LogP contribution in [0.1, 0.15) is 18.1 Å². The summed E-state index contributed by atoms with van der Waals surface area (Å²) in [6, 6.07) is 22.2. The lowest BCUT2D eigenvalue weighted by Gasteiger charge is -2.24. The fourth-order valence-electron chi connectivity index (χ4n) is 2.95. The highest BCUT2D eigenvalue weighted by Crippen LogP contribution is 2.25. The van der Waals surface area contributed by atoms with Gasteiger partial charge in [-0.25, -0.2) is 13.8 Å². The third-order valence-electron chi connectivity index (χ3n) is 4.80. The summed E-state index contributed by atoms with van der Waals surface area (Å²) in [6.45, 7) is 3.32. The van der Waals surface area contributed by atoms with E-state index in [0.29, 0.717) is 17.1 Å². The van der Waals surface area contributed by atoms with Crippen molar-refractivity contribution in [1.29, 1.82) is 0 Å². The maximum absolute atomic E-state index is 13.3. The summed E-state index contributed by atoms with van der Waals surface area (Å²) < 4.78 is 32.8. The Balaban J connectivity index is 1.85. The van der Waals surface area contributed by atoms with Crippen LogP contribution in [0.15, 0.2) is 88.9 Å². The number of nitrogens with one attached hydrogen (secondary N) is 1. The lowest BCUT2D eigenvalue weighted by atomic mass is 10.1. The standard InChI is InChI=1S/C24H25N3O4S/c1-18-9-11-20(12-10-18)19(2)25-26-24(28)17-27(21-13-15-22(31-3)16-14-21)32(29,30)23-7-5-4-6-8-23/h4-16H,17H2,1-3H3,(H,26,28). The summed E-state index contributed by atoms with van der Waals surface area (Å²) in [4.78, 5) is 12.8. The van der Waals surface area contributed by atoms with Crippen molar-refractivity contribution in [2.45, 2.75) is 18.7 Å². The number of benzene rings is 3. The number of methoxy groups -OCH3 is 1. The average Bonchev–Trinajstić information content (AvgIpc) is 2.82. The molecule has 1 N–H and O–H groups in total. The molecule has 0 bridgehead atoms. The molecule has 0 aromatic heterocycles. The lowest BCUT2D eigenvalue weighted by molar-refractivity contribution is -0.119. The monoisotopic (exact) mass is 451 g/mol. The second kappa shape index (κ2) is 10.1. The molecule has 0 fully saturated rings. The molecule has 7 nitrogen and oxygen atoms in total. The molecule has 0 saturated heterocycles. The molecule has 8 heteroatoms. The van der Waals surface area contributed by atoms with Crippen molar-refractivity contribution in [3.63, 3.8) is 0 Å². The number of carbonyl (C=O) groups excluding carboxylic acids is 1. The van der Waals surface area contributed by atoms with Crippen LogP contribution in [-0.2, 0) is 14.8 Å². The van der Waals surface area contributed by atoms with Crippen molar-refractivity contribution in [3.8, 4) is 5.75 Å². The van der Waals surface area contributed by atoms with Gasteiger partial charge in [0.25, 0.3) is 15.9 Å². The van der Waals surface area contributed by atoms with E-state index in [1.807, 2.05) is 31.2 Å².